The van der Waals surface area contributed by atoms with Gasteiger partial charge in [0.1, 0.15) is 0 Å². The number of ether oxygens (including phenoxy) is 1. The third-order valence-corrected chi connectivity index (χ3v) is 4.34. The summed E-state index contributed by atoms with van der Waals surface area (Å²) in [6, 6.07) is 0.566. The molecule has 2 rings (SSSR count). The fourth-order valence-corrected chi connectivity index (χ4v) is 2.63. The van der Waals surface area contributed by atoms with Crippen molar-refractivity contribution in [1.29, 1.82) is 0 Å². The molecule has 0 amide bonds. The van der Waals surface area contributed by atoms with Crippen LogP contribution in [-0.4, -0.2) is 24.8 Å². The summed E-state index contributed by atoms with van der Waals surface area (Å²) in [5.41, 5.74) is 0.152. The van der Waals surface area contributed by atoms with E-state index in [2.05, 4.69) is 26.1 Å². The van der Waals surface area contributed by atoms with Crippen LogP contribution in [0.5, 0.6) is 0 Å². The maximum absolute atomic E-state index is 6.33. The summed E-state index contributed by atoms with van der Waals surface area (Å²) in [5.74, 6) is 1.77. The highest BCUT2D eigenvalue weighted by Crippen LogP contribution is 2.37. The van der Waals surface area contributed by atoms with Crippen molar-refractivity contribution in [2.24, 2.45) is 11.8 Å². The molecule has 0 atom stereocenters. The Labute approximate surface area is 107 Å². The van der Waals surface area contributed by atoms with Crippen molar-refractivity contribution in [3.8, 4) is 0 Å². The lowest BCUT2D eigenvalue weighted by Crippen LogP contribution is -2.47. The number of rotatable bonds is 6. The predicted molar refractivity (Wildman–Crippen MR) is 72.2 cm³/mol. The van der Waals surface area contributed by atoms with E-state index in [0.29, 0.717) is 6.04 Å². The molecular weight excluding hydrogens is 210 g/mol. The first-order valence-electron chi connectivity index (χ1n) is 7.47. The fourth-order valence-electron chi connectivity index (χ4n) is 2.63. The summed E-state index contributed by atoms with van der Waals surface area (Å²) in [6.45, 7) is 8.87. The van der Waals surface area contributed by atoms with E-state index in [-0.39, 0.29) is 5.60 Å². The number of hydrogen-bond donors (Lipinski definition) is 1. The number of nitrogens with one attached hydrogen (secondary N) is 1. The first-order chi connectivity index (χ1) is 8.10. The molecule has 2 saturated carbocycles. The minimum atomic E-state index is 0.152. The molecule has 17 heavy (non-hydrogen) atoms. The van der Waals surface area contributed by atoms with Crippen molar-refractivity contribution in [1.82, 2.24) is 5.32 Å². The Balaban J connectivity index is 1.84. The van der Waals surface area contributed by atoms with Gasteiger partial charge in [-0.2, -0.15) is 0 Å². The van der Waals surface area contributed by atoms with Gasteiger partial charge in [0, 0.05) is 12.6 Å². The van der Waals surface area contributed by atoms with Gasteiger partial charge in [0.2, 0.25) is 0 Å². The molecule has 0 heterocycles. The van der Waals surface area contributed by atoms with Crippen LogP contribution in [0.25, 0.3) is 0 Å². The van der Waals surface area contributed by atoms with E-state index < -0.39 is 0 Å². The van der Waals surface area contributed by atoms with Gasteiger partial charge in [0.05, 0.1) is 12.2 Å². The van der Waals surface area contributed by atoms with E-state index in [0.717, 1.165) is 25.0 Å². The second-order valence-electron chi connectivity index (χ2n) is 6.66. The third-order valence-electron chi connectivity index (χ3n) is 4.34. The van der Waals surface area contributed by atoms with Gasteiger partial charge in [0.15, 0.2) is 0 Å². The first-order valence-corrected chi connectivity index (χ1v) is 7.47. The fraction of sp³-hybridized carbons (Fsp3) is 1.00. The molecule has 2 fully saturated rings. The first kappa shape index (κ1) is 13.4. The molecule has 0 saturated heterocycles. The van der Waals surface area contributed by atoms with Crippen LogP contribution in [0.1, 0.15) is 59.3 Å². The molecule has 0 radical (unpaired) electrons. The summed E-state index contributed by atoms with van der Waals surface area (Å²) in [4.78, 5) is 0. The topological polar surface area (TPSA) is 21.3 Å². The average molecular weight is 239 g/mol. The van der Waals surface area contributed by atoms with Crippen LogP contribution >= 0.6 is 0 Å². The van der Waals surface area contributed by atoms with E-state index in [1.54, 1.807) is 0 Å². The highest BCUT2D eigenvalue weighted by atomic mass is 16.5. The Hall–Kier alpha value is -0.0800. The lowest BCUT2D eigenvalue weighted by molar-refractivity contribution is -0.0801. The minimum Gasteiger partial charge on any atom is -0.373 e. The Kier molecular flexibility index (Phi) is 4.48. The molecule has 0 bridgehead atoms. The molecule has 2 aliphatic rings. The Bertz CT molecular complexity index is 219. The highest BCUT2D eigenvalue weighted by Gasteiger charge is 2.36. The lowest BCUT2D eigenvalue weighted by atomic mass is 9.79. The van der Waals surface area contributed by atoms with Gasteiger partial charge >= 0.3 is 0 Å². The van der Waals surface area contributed by atoms with Crippen LogP contribution in [0.15, 0.2) is 0 Å². The molecule has 1 N–H and O–H groups in total. The molecule has 0 unspecified atom stereocenters. The van der Waals surface area contributed by atoms with Gasteiger partial charge in [-0.05, 0) is 50.4 Å². The molecule has 0 aromatic carbocycles. The second-order valence-corrected chi connectivity index (χ2v) is 6.66. The van der Waals surface area contributed by atoms with Crippen LogP contribution in [0.3, 0.4) is 0 Å². The van der Waals surface area contributed by atoms with Gasteiger partial charge < -0.3 is 10.1 Å². The SMILES string of the molecule is CC1CCC(CNC(C)C)(OCC2CC2)CC1. The van der Waals surface area contributed by atoms with E-state index in [1.807, 2.05) is 0 Å². The zero-order valence-electron chi connectivity index (χ0n) is 11.8. The Morgan fingerprint density at radius 1 is 1.18 bits per heavy atom. The summed E-state index contributed by atoms with van der Waals surface area (Å²) in [7, 11) is 0. The largest absolute Gasteiger partial charge is 0.373 e. The van der Waals surface area contributed by atoms with E-state index in [1.165, 1.54) is 38.5 Å². The van der Waals surface area contributed by atoms with Crippen molar-refractivity contribution in [3.05, 3.63) is 0 Å². The van der Waals surface area contributed by atoms with Crippen molar-refractivity contribution in [3.63, 3.8) is 0 Å². The molecule has 2 heteroatoms. The third kappa shape index (κ3) is 4.26. The van der Waals surface area contributed by atoms with Crippen LogP contribution < -0.4 is 5.32 Å². The van der Waals surface area contributed by atoms with Gasteiger partial charge in [-0.1, -0.05) is 20.8 Å². The summed E-state index contributed by atoms with van der Waals surface area (Å²) in [5, 5.41) is 3.59. The monoisotopic (exact) mass is 239 g/mol. The van der Waals surface area contributed by atoms with Gasteiger partial charge in [0.25, 0.3) is 0 Å². The maximum Gasteiger partial charge on any atom is 0.0806 e. The van der Waals surface area contributed by atoms with Crippen LogP contribution in [0, 0.1) is 11.8 Å². The molecule has 0 aromatic rings. The minimum absolute atomic E-state index is 0.152. The Morgan fingerprint density at radius 2 is 1.82 bits per heavy atom. The van der Waals surface area contributed by atoms with Crippen molar-refractivity contribution >= 4 is 0 Å². The second kappa shape index (κ2) is 5.71. The summed E-state index contributed by atoms with van der Waals surface area (Å²) < 4.78 is 6.33. The standard InChI is InChI=1S/C15H29NO/c1-12(2)16-11-15(17-10-14-4-5-14)8-6-13(3)7-9-15/h12-14,16H,4-11H2,1-3H3. The van der Waals surface area contributed by atoms with Crippen molar-refractivity contribution in [2.75, 3.05) is 13.2 Å². The van der Waals surface area contributed by atoms with Gasteiger partial charge in [-0.3, -0.25) is 0 Å². The Morgan fingerprint density at radius 3 is 2.35 bits per heavy atom. The van der Waals surface area contributed by atoms with Crippen molar-refractivity contribution < 1.29 is 4.74 Å². The molecule has 0 aliphatic heterocycles. The molecule has 2 nitrogen and oxygen atoms in total. The average Bonchev–Trinajstić information content (AvgIpc) is 3.11. The van der Waals surface area contributed by atoms with E-state index in [4.69, 9.17) is 4.74 Å². The van der Waals surface area contributed by atoms with Crippen molar-refractivity contribution in [2.45, 2.75) is 70.9 Å². The molecule has 2 aliphatic carbocycles. The normalized spacial score (nSPS) is 34.2. The number of hydrogen-bond acceptors (Lipinski definition) is 2. The van der Waals surface area contributed by atoms with E-state index in [9.17, 15) is 0 Å². The zero-order valence-corrected chi connectivity index (χ0v) is 11.8. The van der Waals surface area contributed by atoms with Crippen LogP contribution in [-0.2, 0) is 4.74 Å². The van der Waals surface area contributed by atoms with Gasteiger partial charge in [-0.25, -0.2) is 0 Å². The zero-order chi connectivity index (χ0) is 12.3. The summed E-state index contributed by atoms with van der Waals surface area (Å²) >= 11 is 0. The highest BCUT2D eigenvalue weighted by molar-refractivity contribution is 4.90. The molecular formula is C15H29NO. The molecule has 0 aromatic heterocycles. The van der Waals surface area contributed by atoms with Crippen LogP contribution in [0.2, 0.25) is 0 Å². The smallest absolute Gasteiger partial charge is 0.0806 e. The summed E-state index contributed by atoms with van der Waals surface area (Å²) in [6.07, 6.45) is 7.96. The predicted octanol–water partition coefficient (Wildman–Crippen LogP) is 3.36. The van der Waals surface area contributed by atoms with Gasteiger partial charge in [-0.15, -0.1) is 0 Å². The molecule has 100 valence electrons. The quantitative estimate of drug-likeness (QED) is 0.767. The van der Waals surface area contributed by atoms with E-state index >= 15 is 0 Å². The maximum atomic E-state index is 6.33. The molecule has 0 spiro atoms. The lowest BCUT2D eigenvalue weighted by Gasteiger charge is -2.40. The van der Waals surface area contributed by atoms with Crippen LogP contribution in [0.4, 0.5) is 0 Å².